The van der Waals surface area contributed by atoms with Crippen molar-refractivity contribution < 1.29 is 0 Å². The predicted molar refractivity (Wildman–Crippen MR) is 82.8 cm³/mol. The molecule has 2 nitrogen and oxygen atoms in total. The first-order valence-corrected chi connectivity index (χ1v) is 6.85. The summed E-state index contributed by atoms with van der Waals surface area (Å²) < 4.78 is 1.13. The van der Waals surface area contributed by atoms with Crippen LogP contribution in [0.4, 0.5) is 11.4 Å². The van der Waals surface area contributed by atoms with Gasteiger partial charge in [-0.25, -0.2) is 0 Å². The van der Waals surface area contributed by atoms with Crippen molar-refractivity contribution in [2.75, 3.05) is 5.32 Å². The normalized spacial score (nSPS) is 10.1. The molecule has 1 N–H and O–H groups in total. The van der Waals surface area contributed by atoms with Gasteiger partial charge in [0.25, 0.3) is 0 Å². The minimum Gasteiger partial charge on any atom is -0.354 e. The molecule has 0 amide bonds. The van der Waals surface area contributed by atoms with Crippen molar-refractivity contribution in [2.45, 2.75) is 20.8 Å². The number of halogens is 1. The third-order valence-corrected chi connectivity index (χ3v) is 4.26. The van der Waals surface area contributed by atoms with Crippen molar-refractivity contribution in [1.82, 2.24) is 0 Å². The highest BCUT2D eigenvalue weighted by atomic mass is 79.9. The minimum atomic E-state index is 0.665. The molecule has 0 aliphatic carbocycles. The molecule has 0 aliphatic heterocycles. The first-order chi connectivity index (χ1) is 9.01. The maximum absolute atomic E-state index is 9.18. The van der Waals surface area contributed by atoms with Gasteiger partial charge in [-0.1, -0.05) is 22.0 Å². The van der Waals surface area contributed by atoms with Gasteiger partial charge in [-0.2, -0.15) is 5.26 Å². The number of nitrogens with zero attached hydrogens (tertiary/aromatic N) is 1. The Morgan fingerprint density at radius 2 is 1.68 bits per heavy atom. The molecule has 0 bridgehead atoms. The molecule has 0 spiro atoms. The SMILES string of the molecule is Cc1ccc(Nc2cc(C)c(Br)c(C)c2)c(C#N)c1. The van der Waals surface area contributed by atoms with Crippen molar-refractivity contribution in [3.05, 3.63) is 57.1 Å². The smallest absolute Gasteiger partial charge is 0.101 e. The number of anilines is 2. The Hall–Kier alpha value is -1.79. The molecule has 2 aromatic rings. The van der Waals surface area contributed by atoms with Crippen molar-refractivity contribution in [3.63, 3.8) is 0 Å². The average Bonchev–Trinajstić information content (AvgIpc) is 2.38. The van der Waals surface area contributed by atoms with Crippen LogP contribution in [0.15, 0.2) is 34.8 Å². The molecule has 0 heterocycles. The number of aryl methyl sites for hydroxylation is 3. The van der Waals surface area contributed by atoms with E-state index in [1.807, 2.05) is 25.1 Å². The van der Waals surface area contributed by atoms with Crippen molar-refractivity contribution in [1.29, 1.82) is 5.26 Å². The molecular weight excluding hydrogens is 300 g/mol. The second kappa shape index (κ2) is 5.46. The Balaban J connectivity index is 2.40. The van der Waals surface area contributed by atoms with E-state index in [9.17, 15) is 5.26 Å². The Morgan fingerprint density at radius 1 is 1.05 bits per heavy atom. The Kier molecular flexibility index (Phi) is 3.92. The first-order valence-electron chi connectivity index (χ1n) is 6.06. The van der Waals surface area contributed by atoms with Gasteiger partial charge < -0.3 is 5.32 Å². The van der Waals surface area contributed by atoms with Gasteiger partial charge in [-0.05, 0) is 61.7 Å². The second-order valence-electron chi connectivity index (χ2n) is 4.71. The predicted octanol–water partition coefficient (Wildman–Crippen LogP) is 4.99. The fraction of sp³-hybridized carbons (Fsp3) is 0.188. The summed E-state index contributed by atoms with van der Waals surface area (Å²) in [6.07, 6.45) is 0. The van der Waals surface area contributed by atoms with Gasteiger partial charge in [-0.15, -0.1) is 0 Å². The van der Waals surface area contributed by atoms with Crippen LogP contribution in [-0.2, 0) is 0 Å². The molecule has 0 unspecified atom stereocenters. The van der Waals surface area contributed by atoms with Gasteiger partial charge >= 0.3 is 0 Å². The molecule has 0 atom stereocenters. The third kappa shape index (κ3) is 2.97. The molecule has 0 aliphatic rings. The van der Waals surface area contributed by atoms with E-state index in [4.69, 9.17) is 0 Å². The van der Waals surface area contributed by atoms with Crippen LogP contribution in [-0.4, -0.2) is 0 Å². The maximum atomic E-state index is 9.18. The molecule has 0 aromatic heterocycles. The lowest BCUT2D eigenvalue weighted by molar-refractivity contribution is 1.33. The molecule has 0 radical (unpaired) electrons. The zero-order valence-corrected chi connectivity index (χ0v) is 12.8. The lowest BCUT2D eigenvalue weighted by atomic mass is 10.1. The van der Waals surface area contributed by atoms with Gasteiger partial charge in [0.15, 0.2) is 0 Å². The Labute approximate surface area is 122 Å². The summed E-state index contributed by atoms with van der Waals surface area (Å²) in [5.74, 6) is 0. The molecule has 19 heavy (non-hydrogen) atoms. The molecular formula is C16H15BrN2. The summed E-state index contributed by atoms with van der Waals surface area (Å²) in [4.78, 5) is 0. The van der Waals surface area contributed by atoms with Gasteiger partial charge in [0, 0.05) is 10.2 Å². The van der Waals surface area contributed by atoms with Gasteiger partial charge in [0.2, 0.25) is 0 Å². The average molecular weight is 315 g/mol. The molecule has 0 fully saturated rings. The molecule has 2 rings (SSSR count). The molecule has 0 saturated heterocycles. The van der Waals surface area contributed by atoms with Crippen LogP contribution in [0.25, 0.3) is 0 Å². The van der Waals surface area contributed by atoms with E-state index >= 15 is 0 Å². The lowest BCUT2D eigenvalue weighted by Gasteiger charge is -2.12. The van der Waals surface area contributed by atoms with E-state index in [1.54, 1.807) is 0 Å². The molecule has 96 valence electrons. The van der Waals surface area contributed by atoms with Crippen LogP contribution in [0.3, 0.4) is 0 Å². The summed E-state index contributed by atoms with van der Waals surface area (Å²) in [6, 6.07) is 12.2. The van der Waals surface area contributed by atoms with Crippen LogP contribution < -0.4 is 5.32 Å². The van der Waals surface area contributed by atoms with E-state index in [0.29, 0.717) is 5.56 Å². The Morgan fingerprint density at radius 3 is 2.26 bits per heavy atom. The highest BCUT2D eigenvalue weighted by Gasteiger charge is 2.06. The molecule has 2 aromatic carbocycles. The number of hydrogen-bond donors (Lipinski definition) is 1. The van der Waals surface area contributed by atoms with Crippen LogP contribution in [0.1, 0.15) is 22.3 Å². The zero-order chi connectivity index (χ0) is 14.0. The van der Waals surface area contributed by atoms with Crippen molar-refractivity contribution in [2.24, 2.45) is 0 Å². The zero-order valence-electron chi connectivity index (χ0n) is 11.2. The van der Waals surface area contributed by atoms with E-state index < -0.39 is 0 Å². The number of hydrogen-bond acceptors (Lipinski definition) is 2. The van der Waals surface area contributed by atoms with Gasteiger partial charge in [0.1, 0.15) is 6.07 Å². The molecule has 3 heteroatoms. The largest absolute Gasteiger partial charge is 0.354 e. The summed E-state index contributed by atoms with van der Waals surface area (Å²) in [5, 5.41) is 12.5. The molecule has 0 saturated carbocycles. The van der Waals surface area contributed by atoms with Crippen LogP contribution in [0, 0.1) is 32.1 Å². The maximum Gasteiger partial charge on any atom is 0.101 e. The topological polar surface area (TPSA) is 35.8 Å². The minimum absolute atomic E-state index is 0.665. The first kappa shape index (κ1) is 13.6. The van der Waals surface area contributed by atoms with Crippen LogP contribution in [0.2, 0.25) is 0 Å². The van der Waals surface area contributed by atoms with Crippen LogP contribution in [0.5, 0.6) is 0 Å². The van der Waals surface area contributed by atoms with Crippen molar-refractivity contribution in [3.8, 4) is 6.07 Å². The van der Waals surface area contributed by atoms with Gasteiger partial charge in [0.05, 0.1) is 11.3 Å². The number of nitriles is 1. The Bertz CT molecular complexity index is 646. The van der Waals surface area contributed by atoms with Gasteiger partial charge in [-0.3, -0.25) is 0 Å². The highest BCUT2D eigenvalue weighted by Crippen LogP contribution is 2.28. The van der Waals surface area contributed by atoms with E-state index in [0.717, 1.165) is 21.4 Å². The van der Waals surface area contributed by atoms with Crippen LogP contribution >= 0.6 is 15.9 Å². The fourth-order valence-corrected chi connectivity index (χ4v) is 2.26. The summed E-state index contributed by atoms with van der Waals surface area (Å²) in [7, 11) is 0. The van der Waals surface area contributed by atoms with E-state index in [-0.39, 0.29) is 0 Å². The lowest BCUT2D eigenvalue weighted by Crippen LogP contribution is -1.96. The number of nitrogens with one attached hydrogen (secondary N) is 1. The standard InChI is InChI=1S/C16H15BrN2/c1-10-4-5-15(13(6-10)9-18)19-14-7-11(2)16(17)12(3)8-14/h4-8,19H,1-3H3. The number of benzene rings is 2. The quantitative estimate of drug-likeness (QED) is 0.847. The summed E-state index contributed by atoms with van der Waals surface area (Å²) >= 11 is 3.56. The highest BCUT2D eigenvalue weighted by molar-refractivity contribution is 9.10. The monoisotopic (exact) mass is 314 g/mol. The fourth-order valence-electron chi connectivity index (χ4n) is 2.03. The second-order valence-corrected chi connectivity index (χ2v) is 5.50. The summed E-state index contributed by atoms with van der Waals surface area (Å²) in [6.45, 7) is 6.10. The third-order valence-electron chi connectivity index (χ3n) is 3.01. The summed E-state index contributed by atoms with van der Waals surface area (Å²) in [5.41, 5.74) is 5.94. The van der Waals surface area contributed by atoms with E-state index in [2.05, 4.69) is 53.3 Å². The van der Waals surface area contributed by atoms with Crippen molar-refractivity contribution >= 4 is 27.3 Å². The van der Waals surface area contributed by atoms with E-state index in [1.165, 1.54) is 11.1 Å². The number of rotatable bonds is 2.